The van der Waals surface area contributed by atoms with Crippen molar-refractivity contribution in [3.05, 3.63) is 53.1 Å². The Labute approximate surface area is 182 Å². The van der Waals surface area contributed by atoms with Gasteiger partial charge >= 0.3 is 0 Å². The van der Waals surface area contributed by atoms with Gasteiger partial charge in [0.25, 0.3) is 0 Å². The second kappa shape index (κ2) is 10.3. The standard InChI is InChI=1S/C19H24ClN3O5S2/c1-3-12-29(25,26)23-18-9-5-8-17(14(18)2)22-19(24)10-11-21-30(27,28)16-7-4-6-15(20)13-16/h4-9,13,21,23H,3,10-12H2,1-2H3,(H,22,24). The number of halogens is 1. The van der Waals surface area contributed by atoms with Crippen molar-refractivity contribution >= 4 is 48.9 Å². The van der Waals surface area contributed by atoms with Gasteiger partial charge in [-0.05, 0) is 49.2 Å². The summed E-state index contributed by atoms with van der Waals surface area (Å²) in [5.74, 6) is -0.420. The lowest BCUT2D eigenvalue weighted by Gasteiger charge is -2.14. The average Bonchev–Trinajstić information content (AvgIpc) is 2.64. The molecule has 8 nitrogen and oxygen atoms in total. The summed E-state index contributed by atoms with van der Waals surface area (Å²) in [7, 11) is -7.24. The highest BCUT2D eigenvalue weighted by atomic mass is 35.5. The van der Waals surface area contributed by atoms with Crippen molar-refractivity contribution in [2.24, 2.45) is 0 Å². The quantitative estimate of drug-likeness (QED) is 0.489. The zero-order valence-electron chi connectivity index (χ0n) is 16.6. The molecule has 0 spiro atoms. The van der Waals surface area contributed by atoms with Gasteiger partial charge < -0.3 is 5.32 Å². The molecule has 30 heavy (non-hydrogen) atoms. The topological polar surface area (TPSA) is 121 Å². The first-order chi connectivity index (χ1) is 14.0. The lowest BCUT2D eigenvalue weighted by atomic mass is 10.1. The van der Waals surface area contributed by atoms with E-state index in [1.165, 1.54) is 18.2 Å². The van der Waals surface area contributed by atoms with Crippen LogP contribution in [0, 0.1) is 6.92 Å². The van der Waals surface area contributed by atoms with Crippen LogP contribution in [-0.2, 0) is 24.8 Å². The Morgan fingerprint density at radius 2 is 1.70 bits per heavy atom. The molecule has 0 aliphatic rings. The SMILES string of the molecule is CCCS(=O)(=O)Nc1cccc(NC(=O)CCNS(=O)(=O)c2cccc(Cl)c2)c1C. The molecular formula is C19H24ClN3O5S2. The Balaban J connectivity index is 1.97. The molecule has 0 radical (unpaired) electrons. The number of nitrogens with one attached hydrogen (secondary N) is 3. The van der Waals surface area contributed by atoms with Crippen LogP contribution in [0.2, 0.25) is 5.02 Å². The van der Waals surface area contributed by atoms with Crippen LogP contribution in [0.4, 0.5) is 11.4 Å². The summed E-state index contributed by atoms with van der Waals surface area (Å²) in [6, 6.07) is 10.7. The maximum Gasteiger partial charge on any atom is 0.240 e. The monoisotopic (exact) mass is 473 g/mol. The Kier molecular flexibility index (Phi) is 8.25. The minimum Gasteiger partial charge on any atom is -0.326 e. The molecule has 11 heteroatoms. The van der Waals surface area contributed by atoms with E-state index in [-0.39, 0.29) is 23.6 Å². The van der Waals surface area contributed by atoms with Crippen molar-refractivity contribution in [2.75, 3.05) is 22.3 Å². The van der Waals surface area contributed by atoms with E-state index in [2.05, 4.69) is 14.8 Å². The number of amides is 1. The molecule has 0 fully saturated rings. The number of anilines is 2. The van der Waals surface area contributed by atoms with E-state index < -0.39 is 26.0 Å². The van der Waals surface area contributed by atoms with Gasteiger partial charge in [0.1, 0.15) is 0 Å². The number of benzene rings is 2. The van der Waals surface area contributed by atoms with Crippen LogP contribution in [0.5, 0.6) is 0 Å². The van der Waals surface area contributed by atoms with E-state index in [0.717, 1.165) is 0 Å². The number of hydrogen-bond donors (Lipinski definition) is 3. The van der Waals surface area contributed by atoms with Gasteiger partial charge in [-0.1, -0.05) is 30.7 Å². The Morgan fingerprint density at radius 3 is 2.37 bits per heavy atom. The predicted octanol–water partition coefficient (Wildman–Crippen LogP) is 3.11. The Bertz CT molecular complexity index is 1120. The summed E-state index contributed by atoms with van der Waals surface area (Å²) in [6.45, 7) is 3.34. The van der Waals surface area contributed by atoms with Crippen LogP contribution < -0.4 is 14.8 Å². The molecule has 2 rings (SSSR count). The third kappa shape index (κ3) is 6.98. The fourth-order valence-corrected chi connectivity index (χ4v) is 5.13. The Hall–Kier alpha value is -2.14. The fraction of sp³-hybridized carbons (Fsp3) is 0.316. The van der Waals surface area contributed by atoms with Crippen molar-refractivity contribution in [1.82, 2.24) is 4.72 Å². The molecular weight excluding hydrogens is 450 g/mol. The van der Waals surface area contributed by atoms with Crippen LogP contribution in [0.1, 0.15) is 25.3 Å². The van der Waals surface area contributed by atoms with E-state index in [4.69, 9.17) is 11.6 Å². The van der Waals surface area contributed by atoms with Crippen molar-refractivity contribution in [3.8, 4) is 0 Å². The lowest BCUT2D eigenvalue weighted by molar-refractivity contribution is -0.116. The highest BCUT2D eigenvalue weighted by molar-refractivity contribution is 7.92. The molecule has 0 aliphatic carbocycles. The van der Waals surface area contributed by atoms with E-state index in [1.54, 1.807) is 38.1 Å². The summed E-state index contributed by atoms with van der Waals surface area (Å²) in [5, 5.41) is 2.97. The van der Waals surface area contributed by atoms with Gasteiger partial charge in [0.2, 0.25) is 26.0 Å². The normalized spacial score (nSPS) is 11.8. The highest BCUT2D eigenvalue weighted by Crippen LogP contribution is 2.24. The largest absolute Gasteiger partial charge is 0.326 e. The number of rotatable bonds is 10. The van der Waals surface area contributed by atoms with Gasteiger partial charge in [-0.25, -0.2) is 21.6 Å². The first-order valence-corrected chi connectivity index (χ1v) is 12.7. The zero-order valence-corrected chi connectivity index (χ0v) is 19.0. The van der Waals surface area contributed by atoms with E-state index in [1.807, 2.05) is 0 Å². The molecule has 0 bridgehead atoms. The van der Waals surface area contributed by atoms with Crippen LogP contribution in [0.3, 0.4) is 0 Å². The minimum atomic E-state index is -3.78. The zero-order chi connectivity index (χ0) is 22.4. The average molecular weight is 474 g/mol. The maximum absolute atomic E-state index is 12.2. The molecule has 0 saturated carbocycles. The number of hydrogen-bond acceptors (Lipinski definition) is 5. The minimum absolute atomic E-state index is 0.00417. The summed E-state index contributed by atoms with van der Waals surface area (Å²) < 4.78 is 53.3. The fourth-order valence-electron chi connectivity index (χ4n) is 2.60. The van der Waals surface area contributed by atoms with Crippen molar-refractivity contribution in [1.29, 1.82) is 0 Å². The second-order valence-corrected chi connectivity index (χ2v) is 10.6. The first-order valence-electron chi connectivity index (χ1n) is 9.19. The van der Waals surface area contributed by atoms with Crippen molar-refractivity contribution in [3.63, 3.8) is 0 Å². The first kappa shape index (κ1) is 24.1. The van der Waals surface area contributed by atoms with E-state index in [0.29, 0.717) is 28.4 Å². The van der Waals surface area contributed by atoms with Crippen molar-refractivity contribution in [2.45, 2.75) is 31.6 Å². The highest BCUT2D eigenvalue weighted by Gasteiger charge is 2.16. The molecule has 0 saturated heterocycles. The molecule has 2 aromatic carbocycles. The van der Waals surface area contributed by atoms with Gasteiger partial charge in [0.05, 0.1) is 16.3 Å². The van der Waals surface area contributed by atoms with E-state index in [9.17, 15) is 21.6 Å². The number of carbonyl (C=O) groups excluding carboxylic acids is 1. The molecule has 1 amide bonds. The van der Waals surface area contributed by atoms with Crippen LogP contribution >= 0.6 is 11.6 Å². The van der Waals surface area contributed by atoms with Crippen molar-refractivity contribution < 1.29 is 21.6 Å². The molecule has 2 aromatic rings. The van der Waals surface area contributed by atoms with Gasteiger partial charge in [-0.2, -0.15) is 0 Å². The maximum atomic E-state index is 12.2. The number of carbonyl (C=O) groups is 1. The van der Waals surface area contributed by atoms with Crippen LogP contribution in [0.25, 0.3) is 0 Å². The summed E-state index contributed by atoms with van der Waals surface area (Å²) >= 11 is 5.81. The predicted molar refractivity (Wildman–Crippen MR) is 119 cm³/mol. The van der Waals surface area contributed by atoms with Crippen LogP contribution in [-0.4, -0.2) is 35.0 Å². The van der Waals surface area contributed by atoms with Gasteiger partial charge in [0.15, 0.2) is 0 Å². The molecule has 0 heterocycles. The summed E-state index contributed by atoms with van der Waals surface area (Å²) in [5.41, 5.74) is 1.38. The molecule has 0 aromatic heterocycles. The van der Waals surface area contributed by atoms with E-state index >= 15 is 0 Å². The molecule has 0 unspecified atom stereocenters. The smallest absolute Gasteiger partial charge is 0.240 e. The van der Waals surface area contributed by atoms with Gasteiger partial charge in [-0.15, -0.1) is 0 Å². The molecule has 0 aliphatic heterocycles. The third-order valence-electron chi connectivity index (χ3n) is 4.10. The lowest BCUT2D eigenvalue weighted by Crippen LogP contribution is -2.28. The summed E-state index contributed by atoms with van der Waals surface area (Å²) in [4.78, 5) is 12.2. The third-order valence-corrected chi connectivity index (χ3v) is 7.27. The van der Waals surface area contributed by atoms with Gasteiger partial charge in [0, 0.05) is 23.7 Å². The van der Waals surface area contributed by atoms with Crippen LogP contribution in [0.15, 0.2) is 47.4 Å². The van der Waals surface area contributed by atoms with Gasteiger partial charge in [-0.3, -0.25) is 9.52 Å². The Morgan fingerprint density at radius 1 is 1.03 bits per heavy atom. The second-order valence-electron chi connectivity index (χ2n) is 6.55. The molecule has 3 N–H and O–H groups in total. The molecule has 0 atom stereocenters. The summed E-state index contributed by atoms with van der Waals surface area (Å²) in [6.07, 6.45) is 0.376. The number of sulfonamides is 2. The molecule has 164 valence electrons.